The van der Waals surface area contributed by atoms with Crippen molar-refractivity contribution in [2.75, 3.05) is 6.61 Å². The number of benzene rings is 3. The lowest BCUT2D eigenvalue weighted by molar-refractivity contribution is 0.0518. The van der Waals surface area contributed by atoms with Crippen LogP contribution in [0.4, 0.5) is 0 Å². The lowest BCUT2D eigenvalue weighted by atomic mass is 10.0. The highest BCUT2D eigenvalue weighted by molar-refractivity contribution is 6.11. The van der Waals surface area contributed by atoms with Gasteiger partial charge in [-0.25, -0.2) is 9.78 Å². The van der Waals surface area contributed by atoms with Gasteiger partial charge in [0.25, 0.3) is 0 Å². The van der Waals surface area contributed by atoms with Crippen LogP contribution >= 0.6 is 0 Å². The molecule has 0 aliphatic rings. The molecular formula is C27H24N2O3. The largest absolute Gasteiger partial charge is 0.489 e. The predicted octanol–water partition coefficient (Wildman–Crippen LogP) is 6.19. The number of aryl methyl sites for hydroxylation is 1. The maximum Gasteiger partial charge on any atom is 0.357 e. The summed E-state index contributed by atoms with van der Waals surface area (Å²) in [5.74, 6) is 0.395. The minimum Gasteiger partial charge on any atom is -0.489 e. The van der Waals surface area contributed by atoms with Gasteiger partial charge in [-0.15, -0.1) is 0 Å². The lowest BCUT2D eigenvalue weighted by Gasteiger charge is -2.10. The first kappa shape index (κ1) is 20.1. The van der Waals surface area contributed by atoms with Crippen molar-refractivity contribution in [2.45, 2.75) is 26.9 Å². The number of ether oxygens (including phenoxy) is 2. The van der Waals surface area contributed by atoms with Gasteiger partial charge in [0.1, 0.15) is 12.4 Å². The fraction of sp³-hybridized carbons (Fsp3) is 0.185. The second-order valence-electron chi connectivity index (χ2n) is 7.71. The maximum absolute atomic E-state index is 12.4. The zero-order valence-electron chi connectivity index (χ0n) is 18.1. The average Bonchev–Trinajstić information content (AvgIpc) is 3.20. The number of hydrogen-bond donors (Lipinski definition) is 1. The number of rotatable bonds is 6. The first-order valence-corrected chi connectivity index (χ1v) is 10.9. The van der Waals surface area contributed by atoms with Crippen molar-refractivity contribution in [3.8, 4) is 5.75 Å². The Hall–Kier alpha value is -3.86. The monoisotopic (exact) mass is 424 g/mol. The molecule has 2 aromatic heterocycles. The summed E-state index contributed by atoms with van der Waals surface area (Å²) in [6.45, 7) is 4.62. The van der Waals surface area contributed by atoms with E-state index in [1.165, 1.54) is 10.8 Å². The number of fused-ring (bicyclic) bond motifs is 4. The molecule has 0 amide bonds. The summed E-state index contributed by atoms with van der Waals surface area (Å²) in [5.41, 5.74) is 4.29. The summed E-state index contributed by atoms with van der Waals surface area (Å²) in [6.07, 6.45) is 2.38. The van der Waals surface area contributed by atoms with Gasteiger partial charge in [-0.3, -0.25) is 0 Å². The van der Waals surface area contributed by atoms with Crippen LogP contribution in [0, 0.1) is 0 Å². The standard InChI is InChI=1S/C27H24N2O3/c1-3-20-25-22-14-19(32-16-18-10-7-9-17-8-5-6-11-21(17)18)12-13-23(22)29-24(25)15-28-26(20)27(30)31-4-2/h5-15,29H,3-4,16H2,1-2H3. The van der Waals surface area contributed by atoms with E-state index in [1.54, 1.807) is 13.1 Å². The molecule has 0 aliphatic heterocycles. The Labute approximate surface area is 186 Å². The van der Waals surface area contributed by atoms with Crippen molar-refractivity contribution in [1.82, 2.24) is 9.97 Å². The molecule has 0 radical (unpaired) electrons. The van der Waals surface area contributed by atoms with E-state index >= 15 is 0 Å². The van der Waals surface area contributed by atoms with Crippen LogP contribution in [0.25, 0.3) is 32.6 Å². The smallest absolute Gasteiger partial charge is 0.357 e. The van der Waals surface area contributed by atoms with Crippen LogP contribution in [0.2, 0.25) is 0 Å². The second kappa shape index (κ2) is 8.35. The van der Waals surface area contributed by atoms with Gasteiger partial charge in [0.2, 0.25) is 0 Å². The van der Waals surface area contributed by atoms with Gasteiger partial charge in [0.05, 0.1) is 18.3 Å². The van der Waals surface area contributed by atoms with E-state index in [1.807, 2.05) is 37.3 Å². The molecule has 0 unspecified atom stereocenters. The van der Waals surface area contributed by atoms with Crippen LogP contribution < -0.4 is 4.74 Å². The summed E-state index contributed by atoms with van der Waals surface area (Å²) >= 11 is 0. The quantitative estimate of drug-likeness (QED) is 0.330. The van der Waals surface area contributed by atoms with Crippen molar-refractivity contribution in [3.63, 3.8) is 0 Å². The number of esters is 1. The molecular weight excluding hydrogens is 400 g/mol. The van der Waals surface area contributed by atoms with Crippen LogP contribution in [-0.4, -0.2) is 22.5 Å². The van der Waals surface area contributed by atoms with Gasteiger partial charge in [0, 0.05) is 16.3 Å². The predicted molar refractivity (Wildman–Crippen MR) is 127 cm³/mol. The van der Waals surface area contributed by atoms with Crippen LogP contribution in [0.1, 0.15) is 35.5 Å². The molecule has 0 spiro atoms. The van der Waals surface area contributed by atoms with E-state index in [-0.39, 0.29) is 5.97 Å². The van der Waals surface area contributed by atoms with Crippen molar-refractivity contribution >= 4 is 38.5 Å². The van der Waals surface area contributed by atoms with E-state index in [9.17, 15) is 4.79 Å². The van der Waals surface area contributed by atoms with Gasteiger partial charge >= 0.3 is 5.97 Å². The fourth-order valence-corrected chi connectivity index (χ4v) is 4.33. The average molecular weight is 425 g/mol. The van der Waals surface area contributed by atoms with E-state index in [2.05, 4.69) is 40.3 Å². The molecule has 5 heteroatoms. The highest BCUT2D eigenvalue weighted by atomic mass is 16.5. The van der Waals surface area contributed by atoms with Gasteiger partial charge in [-0.1, -0.05) is 49.4 Å². The summed E-state index contributed by atoms with van der Waals surface area (Å²) in [7, 11) is 0. The molecule has 5 nitrogen and oxygen atoms in total. The summed E-state index contributed by atoms with van der Waals surface area (Å²) < 4.78 is 11.4. The number of aromatic nitrogens is 2. The number of nitrogens with zero attached hydrogens (tertiary/aromatic N) is 1. The fourth-order valence-electron chi connectivity index (χ4n) is 4.33. The third kappa shape index (κ3) is 3.46. The third-order valence-electron chi connectivity index (χ3n) is 5.81. The second-order valence-corrected chi connectivity index (χ2v) is 7.71. The topological polar surface area (TPSA) is 64.2 Å². The Bertz CT molecular complexity index is 1450. The van der Waals surface area contributed by atoms with E-state index in [0.29, 0.717) is 25.3 Å². The van der Waals surface area contributed by atoms with Crippen molar-refractivity contribution in [2.24, 2.45) is 0 Å². The lowest BCUT2D eigenvalue weighted by Crippen LogP contribution is -2.10. The number of H-pyrrole nitrogens is 1. The number of aromatic amines is 1. The summed E-state index contributed by atoms with van der Waals surface area (Å²) in [5, 5.41) is 4.41. The molecule has 0 saturated carbocycles. The SMILES string of the molecule is CCOC(=O)c1ncc2[nH]c3ccc(OCc4cccc5ccccc45)cc3c2c1CC. The molecule has 2 heterocycles. The Morgan fingerprint density at radius 3 is 2.66 bits per heavy atom. The minimum atomic E-state index is -0.385. The van der Waals surface area contributed by atoms with Gasteiger partial charge in [0.15, 0.2) is 5.69 Å². The van der Waals surface area contributed by atoms with Gasteiger partial charge in [-0.05, 0) is 53.4 Å². The number of hydrogen-bond acceptors (Lipinski definition) is 4. The number of nitrogens with one attached hydrogen (secondary N) is 1. The molecule has 160 valence electrons. The van der Waals surface area contributed by atoms with Crippen molar-refractivity contribution in [1.29, 1.82) is 0 Å². The molecule has 0 atom stereocenters. The van der Waals surface area contributed by atoms with Crippen LogP contribution in [0.15, 0.2) is 66.9 Å². The highest BCUT2D eigenvalue weighted by Crippen LogP contribution is 2.33. The van der Waals surface area contributed by atoms with Crippen molar-refractivity contribution in [3.05, 3.63) is 83.7 Å². The maximum atomic E-state index is 12.4. The van der Waals surface area contributed by atoms with Crippen LogP contribution in [-0.2, 0) is 17.8 Å². The highest BCUT2D eigenvalue weighted by Gasteiger charge is 2.19. The zero-order valence-corrected chi connectivity index (χ0v) is 18.1. The summed E-state index contributed by atoms with van der Waals surface area (Å²) in [4.78, 5) is 20.2. The van der Waals surface area contributed by atoms with Gasteiger partial charge in [-0.2, -0.15) is 0 Å². The molecule has 0 fully saturated rings. The van der Waals surface area contributed by atoms with Crippen LogP contribution in [0.3, 0.4) is 0 Å². The van der Waals surface area contributed by atoms with E-state index in [0.717, 1.165) is 38.7 Å². The van der Waals surface area contributed by atoms with Gasteiger partial charge < -0.3 is 14.5 Å². The number of carbonyl (C=O) groups excluding carboxylic acids is 1. The normalized spacial score (nSPS) is 11.3. The molecule has 0 saturated heterocycles. The molecule has 0 aliphatic carbocycles. The molecule has 5 rings (SSSR count). The molecule has 32 heavy (non-hydrogen) atoms. The molecule has 0 bridgehead atoms. The first-order valence-electron chi connectivity index (χ1n) is 10.9. The Balaban J connectivity index is 1.54. The molecule has 5 aromatic rings. The molecule has 1 N–H and O–H groups in total. The third-order valence-corrected chi connectivity index (χ3v) is 5.81. The molecule has 3 aromatic carbocycles. The number of carbonyl (C=O) groups is 1. The zero-order chi connectivity index (χ0) is 22.1. The van der Waals surface area contributed by atoms with E-state index < -0.39 is 0 Å². The summed E-state index contributed by atoms with van der Waals surface area (Å²) in [6, 6.07) is 20.6. The van der Waals surface area contributed by atoms with Crippen LogP contribution in [0.5, 0.6) is 5.75 Å². The Morgan fingerprint density at radius 1 is 0.969 bits per heavy atom. The van der Waals surface area contributed by atoms with E-state index in [4.69, 9.17) is 9.47 Å². The Kier molecular flexibility index (Phi) is 5.23. The van der Waals surface area contributed by atoms with Crippen molar-refractivity contribution < 1.29 is 14.3 Å². The minimum absolute atomic E-state index is 0.321. The first-order chi connectivity index (χ1) is 15.7. The number of pyridine rings is 1. The Morgan fingerprint density at radius 2 is 1.81 bits per heavy atom.